The summed E-state index contributed by atoms with van der Waals surface area (Å²) in [5.41, 5.74) is 1.27. The summed E-state index contributed by atoms with van der Waals surface area (Å²) in [6.45, 7) is 7.75. The van der Waals surface area contributed by atoms with Crippen molar-refractivity contribution < 1.29 is 19.0 Å². The molecular weight excluding hydrogens is 344 g/mol. The van der Waals surface area contributed by atoms with Gasteiger partial charge in [-0.05, 0) is 25.3 Å². The summed E-state index contributed by atoms with van der Waals surface area (Å²) in [5.74, 6) is -0.216. The summed E-state index contributed by atoms with van der Waals surface area (Å²) in [4.78, 5) is 17.4. The third kappa shape index (κ3) is 4.35. The highest BCUT2D eigenvalue weighted by molar-refractivity contribution is 5.81. The molecule has 1 amide bonds. The molecule has 148 valence electrons. The summed E-state index contributed by atoms with van der Waals surface area (Å²) in [7, 11) is 0. The zero-order valence-corrected chi connectivity index (χ0v) is 16.1. The van der Waals surface area contributed by atoms with Crippen molar-refractivity contribution in [1.29, 1.82) is 0 Å². The third-order valence-electron chi connectivity index (χ3n) is 6.01. The van der Waals surface area contributed by atoms with Crippen molar-refractivity contribution in [3.8, 4) is 0 Å². The lowest BCUT2D eigenvalue weighted by molar-refractivity contribution is -0.195. The molecule has 3 fully saturated rings. The van der Waals surface area contributed by atoms with Crippen molar-refractivity contribution in [3.05, 3.63) is 35.9 Å². The minimum atomic E-state index is -0.550. The maximum atomic E-state index is 13.1. The Morgan fingerprint density at radius 2 is 1.89 bits per heavy atom. The molecule has 0 saturated carbocycles. The standard InChI is InChI=1S/C21H30N2O4/c1-21(26-12-13-27-21)18-8-5-9-23(15-18)20(24)19-16-22(10-11-25-19)14-17-6-3-2-4-7-17/h2-4,6-7,18-19H,5,8-16H2,1H3/t18-,19+/m0/s1. The molecule has 3 aliphatic rings. The largest absolute Gasteiger partial charge is 0.366 e. The molecule has 1 aromatic carbocycles. The number of carbonyl (C=O) groups excluding carboxylic acids is 1. The predicted molar refractivity (Wildman–Crippen MR) is 101 cm³/mol. The number of nitrogens with zero attached hydrogens (tertiary/aromatic N) is 2. The molecule has 3 heterocycles. The Hall–Kier alpha value is -1.47. The number of carbonyl (C=O) groups is 1. The third-order valence-corrected chi connectivity index (χ3v) is 6.01. The van der Waals surface area contributed by atoms with Gasteiger partial charge in [0.15, 0.2) is 5.79 Å². The Kier molecular flexibility index (Phi) is 5.78. The summed E-state index contributed by atoms with van der Waals surface area (Å²) >= 11 is 0. The van der Waals surface area contributed by atoms with Crippen LogP contribution in [0.5, 0.6) is 0 Å². The molecule has 0 bridgehead atoms. The number of benzene rings is 1. The number of hydrogen-bond acceptors (Lipinski definition) is 5. The van der Waals surface area contributed by atoms with Crippen LogP contribution in [0.4, 0.5) is 0 Å². The van der Waals surface area contributed by atoms with Gasteiger partial charge in [-0.3, -0.25) is 9.69 Å². The van der Waals surface area contributed by atoms with E-state index in [1.54, 1.807) is 0 Å². The Morgan fingerprint density at radius 3 is 2.67 bits per heavy atom. The minimum Gasteiger partial charge on any atom is -0.366 e. The molecule has 3 aliphatic heterocycles. The van der Waals surface area contributed by atoms with E-state index in [2.05, 4.69) is 29.2 Å². The van der Waals surface area contributed by atoms with E-state index < -0.39 is 5.79 Å². The molecule has 27 heavy (non-hydrogen) atoms. The van der Waals surface area contributed by atoms with Gasteiger partial charge in [0.2, 0.25) is 0 Å². The molecule has 4 rings (SSSR count). The number of ether oxygens (including phenoxy) is 3. The molecule has 0 N–H and O–H groups in total. The number of rotatable bonds is 4. The fraction of sp³-hybridized carbons (Fsp3) is 0.667. The highest BCUT2D eigenvalue weighted by Crippen LogP contribution is 2.34. The van der Waals surface area contributed by atoms with Gasteiger partial charge in [0.05, 0.1) is 19.8 Å². The lowest BCUT2D eigenvalue weighted by Gasteiger charge is -2.42. The van der Waals surface area contributed by atoms with Crippen LogP contribution >= 0.6 is 0 Å². The van der Waals surface area contributed by atoms with Crippen LogP contribution in [0.3, 0.4) is 0 Å². The summed E-state index contributed by atoms with van der Waals surface area (Å²) < 4.78 is 17.5. The van der Waals surface area contributed by atoms with Crippen molar-refractivity contribution >= 4 is 5.91 Å². The first-order chi connectivity index (χ1) is 13.1. The SMILES string of the molecule is CC1([C@H]2CCCN(C(=O)[C@H]3CN(Cc4ccccc4)CCO3)C2)OCCO1. The number of hydrogen-bond donors (Lipinski definition) is 0. The summed E-state index contributed by atoms with van der Waals surface area (Å²) in [6, 6.07) is 10.4. The van der Waals surface area contributed by atoms with Gasteiger partial charge in [0.1, 0.15) is 6.10 Å². The van der Waals surface area contributed by atoms with Gasteiger partial charge in [-0.1, -0.05) is 30.3 Å². The van der Waals surface area contributed by atoms with Crippen LogP contribution < -0.4 is 0 Å². The quantitative estimate of drug-likeness (QED) is 0.806. The number of morpholine rings is 1. The Morgan fingerprint density at radius 1 is 1.11 bits per heavy atom. The summed E-state index contributed by atoms with van der Waals surface area (Å²) in [6.07, 6.45) is 1.64. The molecule has 2 atom stereocenters. The van der Waals surface area contributed by atoms with E-state index in [1.807, 2.05) is 17.9 Å². The van der Waals surface area contributed by atoms with E-state index in [0.717, 1.165) is 32.5 Å². The van der Waals surface area contributed by atoms with Crippen molar-refractivity contribution in [2.24, 2.45) is 5.92 Å². The normalized spacial score (nSPS) is 29.0. The molecule has 6 nitrogen and oxygen atoms in total. The van der Waals surface area contributed by atoms with Gasteiger partial charge in [-0.25, -0.2) is 0 Å². The van der Waals surface area contributed by atoms with Crippen molar-refractivity contribution in [2.45, 2.75) is 38.2 Å². The monoisotopic (exact) mass is 374 g/mol. The Bertz CT molecular complexity index is 632. The van der Waals surface area contributed by atoms with Crippen LogP contribution in [0.1, 0.15) is 25.3 Å². The van der Waals surface area contributed by atoms with E-state index in [4.69, 9.17) is 14.2 Å². The first kappa shape index (κ1) is 18.9. The zero-order chi connectivity index (χ0) is 18.7. The molecule has 6 heteroatoms. The van der Waals surface area contributed by atoms with Gasteiger partial charge < -0.3 is 19.1 Å². The lowest BCUT2D eigenvalue weighted by atomic mass is 9.90. The van der Waals surface area contributed by atoms with Crippen LogP contribution in [0, 0.1) is 5.92 Å². The molecule has 0 unspecified atom stereocenters. The molecule has 1 aromatic rings. The number of likely N-dealkylation sites (tertiary alicyclic amines) is 1. The maximum absolute atomic E-state index is 13.1. The van der Waals surface area contributed by atoms with Gasteiger partial charge in [0.25, 0.3) is 5.91 Å². The average molecular weight is 374 g/mol. The highest BCUT2D eigenvalue weighted by atomic mass is 16.7. The average Bonchev–Trinajstić information content (AvgIpc) is 3.16. The van der Waals surface area contributed by atoms with Crippen LogP contribution in [0.2, 0.25) is 0 Å². The van der Waals surface area contributed by atoms with E-state index in [1.165, 1.54) is 5.56 Å². The van der Waals surface area contributed by atoms with Crippen molar-refractivity contribution in [2.75, 3.05) is 46.0 Å². The van der Waals surface area contributed by atoms with Crippen LogP contribution in [-0.4, -0.2) is 73.6 Å². The molecular formula is C21H30N2O4. The van der Waals surface area contributed by atoms with Gasteiger partial charge in [-0.15, -0.1) is 0 Å². The van der Waals surface area contributed by atoms with Crippen LogP contribution in [0.15, 0.2) is 30.3 Å². The first-order valence-electron chi connectivity index (χ1n) is 10.1. The van der Waals surface area contributed by atoms with Crippen LogP contribution in [-0.2, 0) is 25.5 Å². The predicted octanol–water partition coefficient (Wildman–Crippen LogP) is 1.89. The molecule has 3 saturated heterocycles. The van der Waals surface area contributed by atoms with Gasteiger partial charge in [-0.2, -0.15) is 0 Å². The second-order valence-electron chi connectivity index (χ2n) is 7.92. The van der Waals surface area contributed by atoms with Crippen molar-refractivity contribution in [1.82, 2.24) is 9.80 Å². The molecule has 0 radical (unpaired) electrons. The highest BCUT2D eigenvalue weighted by Gasteiger charge is 2.43. The second-order valence-corrected chi connectivity index (χ2v) is 7.92. The zero-order valence-electron chi connectivity index (χ0n) is 16.1. The summed E-state index contributed by atoms with van der Waals surface area (Å²) in [5, 5.41) is 0. The fourth-order valence-corrected chi connectivity index (χ4v) is 4.41. The second kappa shape index (κ2) is 8.27. The first-order valence-corrected chi connectivity index (χ1v) is 10.1. The molecule has 0 aromatic heterocycles. The van der Waals surface area contributed by atoms with E-state index >= 15 is 0 Å². The minimum absolute atomic E-state index is 0.110. The smallest absolute Gasteiger partial charge is 0.253 e. The lowest BCUT2D eigenvalue weighted by Crippen LogP contribution is -2.55. The fourth-order valence-electron chi connectivity index (χ4n) is 4.41. The van der Waals surface area contributed by atoms with Gasteiger partial charge in [0, 0.05) is 38.6 Å². The van der Waals surface area contributed by atoms with E-state index in [0.29, 0.717) is 32.9 Å². The van der Waals surface area contributed by atoms with Crippen molar-refractivity contribution in [3.63, 3.8) is 0 Å². The number of piperidine rings is 1. The molecule has 0 aliphatic carbocycles. The van der Waals surface area contributed by atoms with Gasteiger partial charge >= 0.3 is 0 Å². The Balaban J connectivity index is 1.35. The molecule has 0 spiro atoms. The number of amides is 1. The maximum Gasteiger partial charge on any atom is 0.253 e. The van der Waals surface area contributed by atoms with Crippen LogP contribution in [0.25, 0.3) is 0 Å². The van der Waals surface area contributed by atoms with E-state index in [-0.39, 0.29) is 17.9 Å². The van der Waals surface area contributed by atoms with E-state index in [9.17, 15) is 4.79 Å². The topological polar surface area (TPSA) is 51.2 Å². The Labute approximate surface area is 161 Å².